The molecule has 0 aromatic rings. The second kappa shape index (κ2) is 9.38. The van der Waals surface area contributed by atoms with Crippen molar-refractivity contribution in [2.45, 2.75) is 71.6 Å². The van der Waals surface area contributed by atoms with Gasteiger partial charge in [-0.25, -0.2) is 4.79 Å². The van der Waals surface area contributed by atoms with Gasteiger partial charge >= 0.3 is 12.1 Å². The maximum atomic E-state index is 12.2. The van der Waals surface area contributed by atoms with E-state index in [2.05, 4.69) is 24.5 Å². The first-order valence-corrected chi connectivity index (χ1v) is 9.06. The lowest BCUT2D eigenvalue weighted by Crippen LogP contribution is -2.72. The van der Waals surface area contributed by atoms with E-state index >= 15 is 0 Å². The number of carbonyl (C=O) groups is 2. The van der Waals surface area contributed by atoms with Gasteiger partial charge in [0.15, 0.2) is 0 Å². The molecule has 1 heterocycles. The summed E-state index contributed by atoms with van der Waals surface area (Å²) in [5, 5.41) is 6.20. The quantitative estimate of drug-likeness (QED) is 0.615. The molecule has 2 N–H and O–H groups in total. The Kier molecular flexibility index (Phi) is 8.15. The number of nitrogens with one attached hydrogen (secondary N) is 2. The minimum atomic E-state index is -0.562. The van der Waals surface area contributed by atoms with Crippen molar-refractivity contribution in [3.05, 3.63) is 0 Å². The molecule has 0 aromatic carbocycles. The zero-order chi connectivity index (χ0) is 19.1. The fourth-order valence-corrected chi connectivity index (χ4v) is 2.61. The molecule has 7 heteroatoms. The van der Waals surface area contributed by atoms with Crippen molar-refractivity contribution in [1.82, 2.24) is 10.6 Å². The predicted octanol–water partition coefficient (Wildman–Crippen LogP) is 2.24. The van der Waals surface area contributed by atoms with Gasteiger partial charge in [-0.1, -0.05) is 20.8 Å². The van der Waals surface area contributed by atoms with Crippen LogP contribution in [0.15, 0.2) is 0 Å². The monoisotopic (exact) mass is 358 g/mol. The Labute approximate surface area is 151 Å². The summed E-state index contributed by atoms with van der Waals surface area (Å²) >= 11 is 0. The highest BCUT2D eigenvalue weighted by Gasteiger charge is 2.47. The van der Waals surface area contributed by atoms with Crippen LogP contribution in [0.1, 0.15) is 54.4 Å². The maximum absolute atomic E-state index is 12.2. The van der Waals surface area contributed by atoms with Gasteiger partial charge in [0.1, 0.15) is 5.60 Å². The Morgan fingerprint density at radius 3 is 2.32 bits per heavy atom. The third-order valence-electron chi connectivity index (χ3n) is 3.84. The summed E-state index contributed by atoms with van der Waals surface area (Å²) in [5.41, 5.74) is -1.04. The van der Waals surface area contributed by atoms with Gasteiger partial charge in [0.2, 0.25) is 0 Å². The van der Waals surface area contributed by atoms with E-state index in [1.54, 1.807) is 0 Å². The smallest absolute Gasteiger partial charge is 0.407 e. The first-order chi connectivity index (χ1) is 11.6. The first-order valence-electron chi connectivity index (χ1n) is 9.06. The largest absolute Gasteiger partial charge is 0.465 e. The van der Waals surface area contributed by atoms with Crippen LogP contribution in [0, 0.1) is 5.92 Å². The molecule has 1 amide bonds. The summed E-state index contributed by atoms with van der Waals surface area (Å²) in [7, 11) is 0. The van der Waals surface area contributed by atoms with Crippen LogP contribution in [0.5, 0.6) is 0 Å². The minimum Gasteiger partial charge on any atom is -0.465 e. The number of amides is 1. The lowest BCUT2D eigenvalue weighted by molar-refractivity contribution is -0.145. The summed E-state index contributed by atoms with van der Waals surface area (Å²) < 4.78 is 15.9. The summed E-state index contributed by atoms with van der Waals surface area (Å²) in [5.74, 6) is 0.0694. The number of esters is 1. The van der Waals surface area contributed by atoms with E-state index in [1.165, 1.54) is 0 Å². The fraction of sp³-hybridized carbons (Fsp3) is 0.889. The van der Waals surface area contributed by atoms with Crippen molar-refractivity contribution in [2.75, 3.05) is 26.4 Å². The van der Waals surface area contributed by atoms with Gasteiger partial charge in [-0.15, -0.1) is 0 Å². The normalized spacial score (nSPS) is 17.6. The Balaban J connectivity index is 2.72. The molecule has 146 valence electrons. The highest BCUT2D eigenvalue weighted by Crippen LogP contribution is 2.26. The van der Waals surface area contributed by atoms with E-state index in [9.17, 15) is 9.59 Å². The number of hydrogen-bond donors (Lipinski definition) is 2. The van der Waals surface area contributed by atoms with E-state index in [0.717, 1.165) is 12.8 Å². The third-order valence-corrected chi connectivity index (χ3v) is 3.84. The van der Waals surface area contributed by atoms with Gasteiger partial charge in [-0.05, 0) is 39.5 Å². The third kappa shape index (κ3) is 7.61. The van der Waals surface area contributed by atoms with Gasteiger partial charge in [0, 0.05) is 0 Å². The molecule has 1 fully saturated rings. The molecule has 1 aliphatic heterocycles. The van der Waals surface area contributed by atoms with E-state index < -0.39 is 17.2 Å². The van der Waals surface area contributed by atoms with Crippen molar-refractivity contribution < 1.29 is 23.8 Å². The van der Waals surface area contributed by atoms with Crippen molar-refractivity contribution in [2.24, 2.45) is 5.92 Å². The van der Waals surface area contributed by atoms with Crippen LogP contribution >= 0.6 is 0 Å². The molecule has 1 aliphatic rings. The van der Waals surface area contributed by atoms with E-state index in [-0.39, 0.29) is 18.6 Å². The van der Waals surface area contributed by atoms with Crippen LogP contribution in [0.2, 0.25) is 0 Å². The highest BCUT2D eigenvalue weighted by molar-refractivity contribution is 5.72. The topological polar surface area (TPSA) is 85.9 Å². The van der Waals surface area contributed by atoms with Gasteiger partial charge in [-0.3, -0.25) is 10.1 Å². The second-order valence-electron chi connectivity index (χ2n) is 8.05. The van der Waals surface area contributed by atoms with Crippen LogP contribution in [0.4, 0.5) is 4.79 Å². The molecule has 0 aromatic heterocycles. The molecule has 0 saturated carbocycles. The standard InChI is InChI=1S/C18H34N2O5/c1-7-8-24-15(21)10-19-18(11-23-12-18)14(9-13(2)3)20-16(22)25-17(4,5)6/h13-14,19H,7-12H2,1-6H3,(H,20,22)/t14-/m0/s1. The first kappa shape index (κ1) is 21.7. The van der Waals surface area contributed by atoms with E-state index in [1.807, 2.05) is 27.7 Å². The van der Waals surface area contributed by atoms with Crippen LogP contribution in [-0.2, 0) is 19.0 Å². The maximum Gasteiger partial charge on any atom is 0.407 e. The van der Waals surface area contributed by atoms with E-state index in [4.69, 9.17) is 14.2 Å². The van der Waals surface area contributed by atoms with Crippen molar-refractivity contribution in [3.63, 3.8) is 0 Å². The zero-order valence-corrected chi connectivity index (χ0v) is 16.4. The lowest BCUT2D eigenvalue weighted by Gasteiger charge is -2.48. The lowest BCUT2D eigenvalue weighted by atomic mass is 9.83. The van der Waals surface area contributed by atoms with E-state index in [0.29, 0.717) is 25.7 Å². The van der Waals surface area contributed by atoms with Gasteiger partial charge in [0.25, 0.3) is 0 Å². The summed E-state index contributed by atoms with van der Waals surface area (Å²) in [4.78, 5) is 24.0. The molecule has 0 radical (unpaired) electrons. The zero-order valence-electron chi connectivity index (χ0n) is 16.4. The van der Waals surface area contributed by atoms with Crippen molar-refractivity contribution in [3.8, 4) is 0 Å². The Morgan fingerprint density at radius 1 is 1.24 bits per heavy atom. The molecule has 0 unspecified atom stereocenters. The number of rotatable bonds is 9. The number of alkyl carbamates (subject to hydrolysis) is 1. The Bertz CT molecular complexity index is 441. The Morgan fingerprint density at radius 2 is 1.88 bits per heavy atom. The molecule has 7 nitrogen and oxygen atoms in total. The molecule has 1 atom stereocenters. The molecule has 25 heavy (non-hydrogen) atoms. The average Bonchev–Trinajstić information content (AvgIpc) is 2.40. The van der Waals surface area contributed by atoms with Crippen LogP contribution in [-0.4, -0.2) is 55.6 Å². The highest BCUT2D eigenvalue weighted by atomic mass is 16.6. The molecule has 0 aliphatic carbocycles. The van der Waals surface area contributed by atoms with Gasteiger partial charge in [0.05, 0.1) is 37.9 Å². The van der Waals surface area contributed by atoms with Crippen LogP contribution in [0.25, 0.3) is 0 Å². The molecule has 1 rings (SSSR count). The number of hydrogen-bond acceptors (Lipinski definition) is 6. The van der Waals surface area contributed by atoms with Crippen LogP contribution in [0.3, 0.4) is 0 Å². The minimum absolute atomic E-state index is 0.0912. The second-order valence-corrected chi connectivity index (χ2v) is 8.05. The molecule has 0 bridgehead atoms. The van der Waals surface area contributed by atoms with Crippen LogP contribution < -0.4 is 10.6 Å². The summed E-state index contributed by atoms with van der Waals surface area (Å²) in [6.45, 7) is 13.0. The van der Waals surface area contributed by atoms with Crippen molar-refractivity contribution >= 4 is 12.1 Å². The molecular formula is C18H34N2O5. The summed E-state index contributed by atoms with van der Waals surface area (Å²) in [6, 6.07) is -0.199. The van der Waals surface area contributed by atoms with Crippen molar-refractivity contribution in [1.29, 1.82) is 0 Å². The SMILES string of the molecule is CCCOC(=O)CNC1([C@H](CC(C)C)NC(=O)OC(C)(C)C)COC1. The van der Waals surface area contributed by atoms with Gasteiger partial charge < -0.3 is 19.5 Å². The van der Waals surface area contributed by atoms with Gasteiger partial charge in [-0.2, -0.15) is 0 Å². The molecule has 1 saturated heterocycles. The Hall–Kier alpha value is -1.34. The fourth-order valence-electron chi connectivity index (χ4n) is 2.61. The number of carbonyl (C=O) groups excluding carboxylic acids is 2. The number of ether oxygens (including phenoxy) is 3. The molecule has 0 spiro atoms. The predicted molar refractivity (Wildman–Crippen MR) is 95.4 cm³/mol. The summed E-state index contributed by atoms with van der Waals surface area (Å²) in [6.07, 6.45) is 1.08. The average molecular weight is 358 g/mol. The molecular weight excluding hydrogens is 324 g/mol.